The zero-order valence-electron chi connectivity index (χ0n) is 11.4. The van der Waals surface area contributed by atoms with Crippen LogP contribution in [0.3, 0.4) is 0 Å². The van der Waals surface area contributed by atoms with E-state index in [0.717, 1.165) is 22.1 Å². The van der Waals surface area contributed by atoms with Crippen LogP contribution in [0.25, 0.3) is 10.2 Å². The quantitative estimate of drug-likeness (QED) is 0.728. The van der Waals surface area contributed by atoms with Crippen molar-refractivity contribution in [2.24, 2.45) is 0 Å². The first-order chi connectivity index (χ1) is 9.76. The Morgan fingerprint density at radius 1 is 1.30 bits per heavy atom. The van der Waals surface area contributed by atoms with Gasteiger partial charge in [0.2, 0.25) is 0 Å². The maximum absolute atomic E-state index is 4.55. The van der Waals surface area contributed by atoms with E-state index < -0.39 is 0 Å². The van der Waals surface area contributed by atoms with E-state index in [4.69, 9.17) is 0 Å². The molecule has 0 amide bonds. The smallest absolute Gasteiger partial charge is 0.150 e. The van der Waals surface area contributed by atoms with Crippen molar-refractivity contribution in [3.05, 3.63) is 47.8 Å². The van der Waals surface area contributed by atoms with Crippen molar-refractivity contribution in [3.8, 4) is 0 Å². The second kappa shape index (κ2) is 5.81. The van der Waals surface area contributed by atoms with Crippen LogP contribution in [-0.4, -0.2) is 16.2 Å². The Balaban J connectivity index is 1.79. The van der Waals surface area contributed by atoms with E-state index in [9.17, 15) is 0 Å². The number of nitrogens with zero attached hydrogens (tertiary/aromatic N) is 2. The molecule has 0 aliphatic carbocycles. The molecule has 3 nitrogen and oxygen atoms in total. The summed E-state index contributed by atoms with van der Waals surface area (Å²) in [6, 6.07) is 8.36. The van der Waals surface area contributed by atoms with Gasteiger partial charge in [0, 0.05) is 24.6 Å². The molecule has 3 rings (SSSR count). The predicted octanol–water partition coefficient (Wildman–Crippen LogP) is 4.33. The number of thioether (sulfide) groups is 1. The summed E-state index contributed by atoms with van der Waals surface area (Å²) in [5, 5.41) is 3.45. The third-order valence-electron chi connectivity index (χ3n) is 3.17. The van der Waals surface area contributed by atoms with Gasteiger partial charge in [-0.15, -0.1) is 11.3 Å². The molecule has 2 heterocycles. The van der Waals surface area contributed by atoms with E-state index in [-0.39, 0.29) is 0 Å². The van der Waals surface area contributed by atoms with E-state index in [1.165, 1.54) is 15.8 Å². The summed E-state index contributed by atoms with van der Waals surface area (Å²) < 4.78 is 2.34. The molecule has 0 saturated carbocycles. The summed E-state index contributed by atoms with van der Waals surface area (Å²) in [4.78, 5) is 8.72. The Labute approximate surface area is 126 Å². The zero-order valence-corrected chi connectivity index (χ0v) is 13.0. The van der Waals surface area contributed by atoms with Gasteiger partial charge in [0.25, 0.3) is 0 Å². The van der Waals surface area contributed by atoms with Crippen LogP contribution in [0, 0.1) is 6.92 Å². The highest BCUT2D eigenvalue weighted by Gasteiger charge is 2.04. The third kappa shape index (κ3) is 2.78. The molecule has 1 N–H and O–H groups in total. The highest BCUT2D eigenvalue weighted by molar-refractivity contribution is 8.00. The molecule has 5 heteroatoms. The minimum atomic E-state index is 0.791. The van der Waals surface area contributed by atoms with Crippen LogP contribution >= 0.6 is 23.1 Å². The lowest BCUT2D eigenvalue weighted by Crippen LogP contribution is -2.01. The molecule has 0 radical (unpaired) electrons. The Morgan fingerprint density at radius 3 is 3.00 bits per heavy atom. The van der Waals surface area contributed by atoms with Crippen LogP contribution in [0.4, 0.5) is 5.69 Å². The maximum Gasteiger partial charge on any atom is 0.150 e. The molecule has 102 valence electrons. The maximum atomic E-state index is 4.55. The van der Waals surface area contributed by atoms with Crippen molar-refractivity contribution in [2.75, 3.05) is 11.6 Å². The Bertz CT molecular complexity index is 737. The van der Waals surface area contributed by atoms with Crippen molar-refractivity contribution in [2.45, 2.75) is 17.8 Å². The average molecular weight is 301 g/mol. The number of aryl methyl sites for hydroxylation is 1. The molecule has 0 aliphatic heterocycles. The largest absolute Gasteiger partial charge is 0.381 e. The summed E-state index contributed by atoms with van der Waals surface area (Å²) in [5.74, 6) is 0. The molecule has 0 aliphatic rings. The fourth-order valence-corrected chi connectivity index (χ4v) is 3.51. The summed E-state index contributed by atoms with van der Waals surface area (Å²) >= 11 is 3.43. The SMILES string of the molecule is CSc1nc2ccc(NCc3cnccc3C)cc2s1. The minimum Gasteiger partial charge on any atom is -0.381 e. The van der Waals surface area contributed by atoms with Gasteiger partial charge in [0.05, 0.1) is 10.2 Å². The monoisotopic (exact) mass is 301 g/mol. The van der Waals surface area contributed by atoms with Crippen molar-refractivity contribution in [1.82, 2.24) is 9.97 Å². The first-order valence-corrected chi connectivity index (χ1v) is 8.38. The molecule has 1 aromatic carbocycles. The number of fused-ring (bicyclic) bond motifs is 1. The Hall–Kier alpha value is -1.59. The topological polar surface area (TPSA) is 37.8 Å². The van der Waals surface area contributed by atoms with E-state index in [2.05, 4.69) is 46.7 Å². The molecule has 2 aromatic heterocycles. The summed E-state index contributed by atoms with van der Waals surface area (Å²) in [6.45, 7) is 2.90. The standard InChI is InChI=1S/C15H15N3S2/c1-10-5-6-16-8-11(10)9-17-12-3-4-13-14(7-12)20-15(18-13)19-2/h3-8,17H,9H2,1-2H3. The third-order valence-corrected chi connectivity index (χ3v) is 5.18. The van der Waals surface area contributed by atoms with Gasteiger partial charge >= 0.3 is 0 Å². The first kappa shape index (κ1) is 13.4. The van der Waals surface area contributed by atoms with Crippen LogP contribution < -0.4 is 5.32 Å². The van der Waals surface area contributed by atoms with Crippen molar-refractivity contribution in [3.63, 3.8) is 0 Å². The molecule has 3 aromatic rings. The number of thiazole rings is 1. The number of benzene rings is 1. The Morgan fingerprint density at radius 2 is 2.20 bits per heavy atom. The summed E-state index contributed by atoms with van der Waals surface area (Å²) in [5.41, 5.74) is 4.68. The predicted molar refractivity (Wildman–Crippen MR) is 87.7 cm³/mol. The molecule has 0 spiro atoms. The van der Waals surface area contributed by atoms with Gasteiger partial charge < -0.3 is 5.32 Å². The van der Waals surface area contributed by atoms with Gasteiger partial charge in [0.1, 0.15) is 0 Å². The first-order valence-electron chi connectivity index (χ1n) is 6.34. The average Bonchev–Trinajstić information content (AvgIpc) is 2.88. The zero-order chi connectivity index (χ0) is 13.9. The van der Waals surface area contributed by atoms with Gasteiger partial charge in [-0.25, -0.2) is 4.98 Å². The number of hydrogen-bond donors (Lipinski definition) is 1. The second-order valence-electron chi connectivity index (χ2n) is 4.52. The van der Waals surface area contributed by atoms with Crippen LogP contribution in [0.5, 0.6) is 0 Å². The molecule has 0 atom stereocenters. The number of aromatic nitrogens is 2. The number of anilines is 1. The van der Waals surface area contributed by atoms with Crippen molar-refractivity contribution in [1.29, 1.82) is 0 Å². The van der Waals surface area contributed by atoms with Crippen LogP contribution in [-0.2, 0) is 6.54 Å². The van der Waals surface area contributed by atoms with Gasteiger partial charge in [-0.1, -0.05) is 11.8 Å². The van der Waals surface area contributed by atoms with E-state index in [0.29, 0.717) is 0 Å². The van der Waals surface area contributed by atoms with Crippen LogP contribution in [0.15, 0.2) is 41.0 Å². The molecule has 0 bridgehead atoms. The lowest BCUT2D eigenvalue weighted by Gasteiger charge is -2.08. The van der Waals surface area contributed by atoms with Gasteiger partial charge in [-0.2, -0.15) is 0 Å². The van der Waals surface area contributed by atoms with E-state index in [1.54, 1.807) is 23.1 Å². The highest BCUT2D eigenvalue weighted by Crippen LogP contribution is 2.30. The molecule has 20 heavy (non-hydrogen) atoms. The van der Waals surface area contributed by atoms with E-state index in [1.807, 2.05) is 18.5 Å². The summed E-state index contributed by atoms with van der Waals surface area (Å²) in [7, 11) is 0. The van der Waals surface area contributed by atoms with Gasteiger partial charge in [0.15, 0.2) is 4.34 Å². The number of pyridine rings is 1. The van der Waals surface area contributed by atoms with E-state index >= 15 is 0 Å². The molecule has 0 unspecified atom stereocenters. The summed E-state index contributed by atoms with van der Waals surface area (Å²) in [6.07, 6.45) is 5.80. The Kier molecular flexibility index (Phi) is 3.89. The fourth-order valence-electron chi connectivity index (χ4n) is 1.98. The number of hydrogen-bond acceptors (Lipinski definition) is 5. The van der Waals surface area contributed by atoms with Crippen molar-refractivity contribution < 1.29 is 0 Å². The molecular formula is C15H15N3S2. The lowest BCUT2D eigenvalue weighted by atomic mass is 10.1. The van der Waals surface area contributed by atoms with Gasteiger partial charge in [-0.3, -0.25) is 4.98 Å². The normalized spacial score (nSPS) is 10.9. The van der Waals surface area contributed by atoms with Gasteiger partial charge in [-0.05, 0) is 48.6 Å². The number of rotatable bonds is 4. The molecular weight excluding hydrogens is 286 g/mol. The van der Waals surface area contributed by atoms with Crippen LogP contribution in [0.2, 0.25) is 0 Å². The highest BCUT2D eigenvalue weighted by atomic mass is 32.2. The van der Waals surface area contributed by atoms with Crippen molar-refractivity contribution >= 4 is 39.0 Å². The minimum absolute atomic E-state index is 0.791. The van der Waals surface area contributed by atoms with Crippen LogP contribution in [0.1, 0.15) is 11.1 Å². The molecule has 0 fully saturated rings. The number of nitrogens with one attached hydrogen (secondary N) is 1. The fraction of sp³-hybridized carbons (Fsp3) is 0.200. The lowest BCUT2D eigenvalue weighted by molar-refractivity contribution is 1.08. The molecule has 0 saturated heterocycles. The second-order valence-corrected chi connectivity index (χ2v) is 6.61.